The molecule has 2 N–H and O–H groups in total. The van der Waals surface area contributed by atoms with Gasteiger partial charge in [-0.25, -0.2) is 4.79 Å². The van der Waals surface area contributed by atoms with Crippen LogP contribution in [0.4, 0.5) is 5.69 Å². The van der Waals surface area contributed by atoms with E-state index in [0.717, 1.165) is 0 Å². The number of aromatic nitrogens is 1. The zero-order valence-electron chi connectivity index (χ0n) is 9.24. The van der Waals surface area contributed by atoms with Crippen LogP contribution < -0.4 is 5.73 Å². The van der Waals surface area contributed by atoms with Crippen molar-refractivity contribution < 1.29 is 9.53 Å². The Morgan fingerprint density at radius 2 is 2.29 bits per heavy atom. The Hall–Kier alpha value is -1.81. The number of hydrogen-bond acceptors (Lipinski definition) is 4. The summed E-state index contributed by atoms with van der Waals surface area (Å²) >= 11 is 5.85. The molecule has 1 heterocycles. The van der Waals surface area contributed by atoms with Crippen LogP contribution >= 0.6 is 11.6 Å². The van der Waals surface area contributed by atoms with Gasteiger partial charge in [0.25, 0.3) is 0 Å². The molecule has 17 heavy (non-hydrogen) atoms. The number of halogens is 1. The van der Waals surface area contributed by atoms with Crippen molar-refractivity contribution in [2.75, 3.05) is 12.3 Å². The van der Waals surface area contributed by atoms with Crippen molar-refractivity contribution in [2.24, 2.45) is 0 Å². The molecule has 0 amide bonds. The number of nitrogens with zero attached hydrogens (tertiary/aromatic N) is 1. The first-order chi connectivity index (χ1) is 8.13. The van der Waals surface area contributed by atoms with Crippen LogP contribution in [0.15, 0.2) is 24.4 Å². The van der Waals surface area contributed by atoms with Gasteiger partial charge < -0.3 is 10.5 Å². The minimum atomic E-state index is -0.464. The lowest BCUT2D eigenvalue weighted by molar-refractivity contribution is 0.0527. The van der Waals surface area contributed by atoms with E-state index in [1.165, 1.54) is 6.20 Å². The fraction of sp³-hybridized carbons (Fsp3) is 0.167. The fourth-order valence-electron chi connectivity index (χ4n) is 1.56. The molecule has 0 radical (unpaired) electrons. The summed E-state index contributed by atoms with van der Waals surface area (Å²) in [6.45, 7) is 2.04. The second kappa shape index (κ2) is 4.59. The molecule has 0 atom stereocenters. The number of pyridine rings is 1. The number of benzene rings is 1. The highest BCUT2D eigenvalue weighted by Crippen LogP contribution is 2.25. The summed E-state index contributed by atoms with van der Waals surface area (Å²) < 4.78 is 4.90. The van der Waals surface area contributed by atoms with Crippen LogP contribution in [0.5, 0.6) is 0 Å². The smallest absolute Gasteiger partial charge is 0.341 e. The second-order valence-electron chi connectivity index (χ2n) is 3.47. The van der Waals surface area contributed by atoms with Crippen molar-refractivity contribution in [3.63, 3.8) is 0 Å². The number of carbonyl (C=O) groups excluding carboxylic acids is 1. The van der Waals surface area contributed by atoms with E-state index < -0.39 is 5.97 Å². The molecule has 4 nitrogen and oxygen atoms in total. The molecule has 0 fully saturated rings. The normalized spacial score (nSPS) is 10.5. The minimum Gasteiger partial charge on any atom is -0.462 e. The molecule has 0 saturated carbocycles. The highest BCUT2D eigenvalue weighted by Gasteiger charge is 2.14. The Morgan fingerprint density at radius 1 is 1.53 bits per heavy atom. The molecule has 0 unspecified atom stereocenters. The zero-order chi connectivity index (χ0) is 12.4. The van der Waals surface area contributed by atoms with E-state index in [9.17, 15) is 4.79 Å². The molecule has 2 rings (SSSR count). The van der Waals surface area contributed by atoms with Crippen LogP contribution in [0.25, 0.3) is 10.9 Å². The Bertz CT molecular complexity index is 584. The van der Waals surface area contributed by atoms with Crippen molar-refractivity contribution in [3.8, 4) is 0 Å². The monoisotopic (exact) mass is 250 g/mol. The summed E-state index contributed by atoms with van der Waals surface area (Å²) in [5.41, 5.74) is 7.22. The van der Waals surface area contributed by atoms with Crippen LogP contribution in [0, 0.1) is 0 Å². The molecule has 0 aliphatic carbocycles. The van der Waals surface area contributed by atoms with Crippen molar-refractivity contribution >= 4 is 34.2 Å². The van der Waals surface area contributed by atoms with Gasteiger partial charge in [0.1, 0.15) is 5.56 Å². The zero-order valence-corrected chi connectivity index (χ0v) is 9.99. The molecule has 88 valence electrons. The predicted molar refractivity (Wildman–Crippen MR) is 67.1 cm³/mol. The molecular formula is C12H11ClN2O2. The van der Waals surface area contributed by atoms with Gasteiger partial charge in [0.15, 0.2) is 0 Å². The summed E-state index contributed by atoms with van der Waals surface area (Å²) in [5.74, 6) is -0.464. The quantitative estimate of drug-likeness (QED) is 0.832. The second-order valence-corrected chi connectivity index (χ2v) is 3.90. The molecule has 0 bridgehead atoms. The lowest BCUT2D eigenvalue weighted by atomic mass is 10.1. The van der Waals surface area contributed by atoms with Crippen LogP contribution in [0.3, 0.4) is 0 Å². The number of carbonyl (C=O) groups is 1. The van der Waals surface area contributed by atoms with Crippen LogP contribution in [-0.4, -0.2) is 17.6 Å². The maximum absolute atomic E-state index is 11.6. The highest BCUT2D eigenvalue weighted by molar-refractivity contribution is 6.31. The first-order valence-electron chi connectivity index (χ1n) is 5.14. The maximum Gasteiger partial charge on any atom is 0.341 e. The van der Waals surface area contributed by atoms with E-state index in [2.05, 4.69) is 4.98 Å². The van der Waals surface area contributed by atoms with Gasteiger partial charge in [-0.3, -0.25) is 4.98 Å². The van der Waals surface area contributed by atoms with Gasteiger partial charge in [-0.1, -0.05) is 11.6 Å². The molecule has 0 saturated heterocycles. The molecular weight excluding hydrogens is 240 g/mol. The topological polar surface area (TPSA) is 65.2 Å². The third-order valence-electron chi connectivity index (χ3n) is 2.37. The molecule has 5 heteroatoms. The van der Waals surface area contributed by atoms with E-state index in [-0.39, 0.29) is 5.56 Å². The van der Waals surface area contributed by atoms with Crippen LogP contribution in [0.2, 0.25) is 5.02 Å². The predicted octanol–water partition coefficient (Wildman–Crippen LogP) is 2.65. The average molecular weight is 251 g/mol. The molecule has 0 aliphatic heterocycles. The molecule has 0 spiro atoms. The lowest BCUT2D eigenvalue weighted by Crippen LogP contribution is -2.09. The van der Waals surface area contributed by atoms with Gasteiger partial charge >= 0.3 is 5.97 Å². The van der Waals surface area contributed by atoms with Crippen LogP contribution in [-0.2, 0) is 4.74 Å². The lowest BCUT2D eigenvalue weighted by Gasteiger charge is -2.07. The number of esters is 1. The SMILES string of the molecule is CCOC(=O)c1cnc2cc(Cl)ccc2c1N. The van der Waals surface area contributed by atoms with E-state index in [4.69, 9.17) is 22.1 Å². The van der Waals surface area contributed by atoms with Gasteiger partial charge in [-0.2, -0.15) is 0 Å². The Labute approximate surface area is 103 Å². The third-order valence-corrected chi connectivity index (χ3v) is 2.60. The molecule has 2 aromatic rings. The number of anilines is 1. The van der Waals surface area contributed by atoms with Crippen molar-refractivity contribution in [1.82, 2.24) is 4.98 Å². The number of ether oxygens (including phenoxy) is 1. The summed E-state index contributed by atoms with van der Waals surface area (Å²) in [6, 6.07) is 5.14. The van der Waals surface area contributed by atoms with E-state index in [1.54, 1.807) is 25.1 Å². The summed E-state index contributed by atoms with van der Waals surface area (Å²) in [5, 5.41) is 1.27. The highest BCUT2D eigenvalue weighted by atomic mass is 35.5. The summed E-state index contributed by atoms with van der Waals surface area (Å²) in [4.78, 5) is 15.7. The van der Waals surface area contributed by atoms with E-state index in [1.807, 2.05) is 0 Å². The number of nitrogen functional groups attached to an aromatic ring is 1. The number of hydrogen-bond donors (Lipinski definition) is 1. The fourth-order valence-corrected chi connectivity index (χ4v) is 1.73. The largest absolute Gasteiger partial charge is 0.462 e. The van der Waals surface area contributed by atoms with Crippen molar-refractivity contribution in [3.05, 3.63) is 35.0 Å². The third kappa shape index (κ3) is 2.17. The van der Waals surface area contributed by atoms with Gasteiger partial charge in [0, 0.05) is 16.6 Å². The van der Waals surface area contributed by atoms with Crippen LogP contribution in [0.1, 0.15) is 17.3 Å². The Kier molecular flexibility index (Phi) is 3.15. The van der Waals surface area contributed by atoms with Crippen molar-refractivity contribution in [1.29, 1.82) is 0 Å². The standard InChI is InChI=1S/C12H11ClN2O2/c1-2-17-12(16)9-6-15-10-5-7(13)3-4-8(10)11(9)14/h3-6H,2H2,1H3,(H2,14,15). The number of nitrogens with two attached hydrogens (primary N) is 1. The molecule has 1 aromatic carbocycles. The average Bonchev–Trinajstić information content (AvgIpc) is 2.29. The number of fused-ring (bicyclic) bond motifs is 1. The minimum absolute atomic E-state index is 0.279. The summed E-state index contributed by atoms with van der Waals surface area (Å²) in [6.07, 6.45) is 1.41. The Balaban J connectivity index is 2.58. The Morgan fingerprint density at radius 3 is 3.00 bits per heavy atom. The van der Waals surface area contributed by atoms with Gasteiger partial charge in [-0.15, -0.1) is 0 Å². The van der Waals surface area contributed by atoms with E-state index in [0.29, 0.717) is 28.2 Å². The van der Waals surface area contributed by atoms with Gasteiger partial charge in [-0.05, 0) is 25.1 Å². The molecule has 0 aliphatic rings. The van der Waals surface area contributed by atoms with Crippen molar-refractivity contribution in [2.45, 2.75) is 6.92 Å². The van der Waals surface area contributed by atoms with Gasteiger partial charge in [0.2, 0.25) is 0 Å². The first-order valence-corrected chi connectivity index (χ1v) is 5.52. The maximum atomic E-state index is 11.6. The first kappa shape index (κ1) is 11.7. The van der Waals surface area contributed by atoms with Gasteiger partial charge in [0.05, 0.1) is 17.8 Å². The number of rotatable bonds is 2. The molecule has 1 aromatic heterocycles. The van der Waals surface area contributed by atoms with E-state index >= 15 is 0 Å². The summed E-state index contributed by atoms with van der Waals surface area (Å²) in [7, 11) is 0.